The molecule has 5 nitrogen and oxygen atoms in total. The largest absolute Gasteiger partial charge is 0.351 e. The Morgan fingerprint density at radius 3 is 2.71 bits per heavy atom. The molecule has 1 saturated heterocycles. The number of allylic oxidation sites excluding steroid dienone is 1. The van der Waals surface area contributed by atoms with Crippen molar-refractivity contribution in [3.8, 4) is 0 Å². The number of nitrogens with zero attached hydrogens (tertiary/aromatic N) is 1. The van der Waals surface area contributed by atoms with Crippen LogP contribution >= 0.6 is 11.3 Å². The number of nitrogens with one attached hydrogen (secondary N) is 1. The van der Waals surface area contributed by atoms with Gasteiger partial charge in [0.1, 0.15) is 9.77 Å². The number of hydrogen-bond acceptors (Lipinski definition) is 4. The molecule has 1 aliphatic heterocycles. The molecule has 2 aliphatic rings. The van der Waals surface area contributed by atoms with Crippen LogP contribution < -0.4 is 5.32 Å². The average Bonchev–Trinajstić information content (AvgIpc) is 3.28. The number of sulfonamides is 1. The van der Waals surface area contributed by atoms with Gasteiger partial charge in [0, 0.05) is 19.6 Å². The summed E-state index contributed by atoms with van der Waals surface area (Å²) in [5.41, 5.74) is 1.40. The molecule has 24 heavy (non-hydrogen) atoms. The van der Waals surface area contributed by atoms with Crippen molar-refractivity contribution in [3.63, 3.8) is 0 Å². The molecule has 0 spiro atoms. The predicted molar refractivity (Wildman–Crippen MR) is 95.8 cm³/mol. The molecule has 1 aliphatic carbocycles. The van der Waals surface area contributed by atoms with Crippen LogP contribution in [-0.4, -0.2) is 38.3 Å². The van der Waals surface area contributed by atoms with E-state index < -0.39 is 10.0 Å². The summed E-state index contributed by atoms with van der Waals surface area (Å²) in [5, 5.41) is 4.57. The number of rotatable bonds is 6. The van der Waals surface area contributed by atoms with E-state index in [9.17, 15) is 13.2 Å². The number of carbonyl (C=O) groups excluding carboxylic acids is 1. The summed E-state index contributed by atoms with van der Waals surface area (Å²) in [6, 6.07) is 1.55. The zero-order valence-electron chi connectivity index (χ0n) is 13.8. The second-order valence-corrected chi connectivity index (χ2v) is 9.16. The Morgan fingerprint density at radius 1 is 1.21 bits per heavy atom. The van der Waals surface area contributed by atoms with Crippen molar-refractivity contribution >= 4 is 27.3 Å². The molecular weight excluding hydrogens is 344 g/mol. The average molecular weight is 369 g/mol. The number of hydrogen-bond donors (Lipinski definition) is 1. The smallest absolute Gasteiger partial charge is 0.262 e. The maximum absolute atomic E-state index is 12.7. The van der Waals surface area contributed by atoms with Crippen LogP contribution in [0, 0.1) is 0 Å². The molecule has 1 fully saturated rings. The highest BCUT2D eigenvalue weighted by Gasteiger charge is 2.31. The third-order valence-corrected chi connectivity index (χ3v) is 7.62. The van der Waals surface area contributed by atoms with Crippen molar-refractivity contribution in [2.75, 3.05) is 19.6 Å². The SMILES string of the molecule is O=C(NCCC1=CCCCC1)c1sccc1S(=O)(=O)N1CCCC1. The van der Waals surface area contributed by atoms with Gasteiger partial charge in [0.05, 0.1) is 0 Å². The molecule has 2 heterocycles. The monoisotopic (exact) mass is 368 g/mol. The molecule has 0 saturated carbocycles. The van der Waals surface area contributed by atoms with E-state index in [0.717, 1.165) is 32.1 Å². The van der Waals surface area contributed by atoms with E-state index >= 15 is 0 Å². The van der Waals surface area contributed by atoms with E-state index in [-0.39, 0.29) is 10.8 Å². The van der Waals surface area contributed by atoms with Crippen LogP contribution in [0.15, 0.2) is 28.0 Å². The normalized spacial score (nSPS) is 19.2. The van der Waals surface area contributed by atoms with Crippen molar-refractivity contribution in [2.24, 2.45) is 0 Å². The molecule has 1 amide bonds. The highest BCUT2D eigenvalue weighted by Crippen LogP contribution is 2.27. The van der Waals surface area contributed by atoms with Gasteiger partial charge in [-0.1, -0.05) is 11.6 Å². The number of amides is 1. The summed E-state index contributed by atoms with van der Waals surface area (Å²) in [4.78, 5) is 12.9. The first-order valence-corrected chi connectivity index (χ1v) is 10.9. The van der Waals surface area contributed by atoms with Crippen LogP contribution in [0.5, 0.6) is 0 Å². The standard InChI is InChI=1S/C17H24N2O3S2/c20-17(18-10-8-14-6-2-1-3-7-14)16-15(9-13-23-16)24(21,22)19-11-4-5-12-19/h6,9,13H,1-5,7-8,10-12H2,(H,18,20). The Morgan fingerprint density at radius 2 is 2.00 bits per heavy atom. The molecule has 0 bridgehead atoms. The van der Waals surface area contributed by atoms with Gasteiger partial charge < -0.3 is 5.32 Å². The van der Waals surface area contributed by atoms with Gasteiger partial charge in [-0.15, -0.1) is 11.3 Å². The van der Waals surface area contributed by atoms with E-state index in [1.807, 2.05) is 0 Å². The molecule has 132 valence electrons. The van der Waals surface area contributed by atoms with Gasteiger partial charge in [-0.25, -0.2) is 8.42 Å². The highest BCUT2D eigenvalue weighted by atomic mass is 32.2. The first kappa shape index (κ1) is 17.6. The molecule has 0 unspecified atom stereocenters. The summed E-state index contributed by atoms with van der Waals surface area (Å²) in [6.45, 7) is 1.66. The molecule has 1 N–H and O–H groups in total. The molecule has 0 radical (unpaired) electrons. The first-order chi connectivity index (χ1) is 11.6. The third kappa shape index (κ3) is 3.90. The maximum atomic E-state index is 12.7. The van der Waals surface area contributed by atoms with Crippen LogP contribution in [0.2, 0.25) is 0 Å². The molecule has 3 rings (SSSR count). The molecule has 0 atom stereocenters. The number of carbonyl (C=O) groups is 1. The Balaban J connectivity index is 1.63. The van der Waals surface area contributed by atoms with Gasteiger partial charge in [0.15, 0.2) is 0 Å². The molecule has 0 aromatic carbocycles. The highest BCUT2D eigenvalue weighted by molar-refractivity contribution is 7.89. The Hall–Kier alpha value is -1.18. The van der Waals surface area contributed by atoms with Gasteiger partial charge in [0.25, 0.3) is 5.91 Å². The van der Waals surface area contributed by atoms with E-state index in [1.165, 1.54) is 34.1 Å². The fourth-order valence-corrected chi connectivity index (χ4v) is 6.12. The zero-order chi connectivity index (χ0) is 17.0. The molecule has 1 aromatic rings. The second kappa shape index (κ2) is 7.80. The molecular formula is C17H24N2O3S2. The summed E-state index contributed by atoms with van der Waals surface area (Å²) in [6.07, 6.45) is 9.62. The lowest BCUT2D eigenvalue weighted by molar-refractivity contribution is 0.0955. The quantitative estimate of drug-likeness (QED) is 0.785. The molecule has 7 heteroatoms. The maximum Gasteiger partial charge on any atom is 0.262 e. The summed E-state index contributed by atoms with van der Waals surface area (Å²) < 4.78 is 26.9. The minimum atomic E-state index is -3.55. The predicted octanol–water partition coefficient (Wildman–Crippen LogP) is 3.15. The van der Waals surface area contributed by atoms with Gasteiger partial charge in [0.2, 0.25) is 10.0 Å². The lowest BCUT2D eigenvalue weighted by Gasteiger charge is -2.16. The van der Waals surface area contributed by atoms with Crippen LogP contribution in [0.25, 0.3) is 0 Å². The first-order valence-electron chi connectivity index (χ1n) is 8.63. The Labute approximate surface area is 147 Å². The zero-order valence-corrected chi connectivity index (χ0v) is 15.4. The minimum Gasteiger partial charge on any atom is -0.351 e. The fourth-order valence-electron chi connectivity index (χ4n) is 3.28. The van der Waals surface area contributed by atoms with E-state index in [0.29, 0.717) is 24.5 Å². The second-order valence-electron chi connectivity index (χ2n) is 6.34. The van der Waals surface area contributed by atoms with E-state index in [4.69, 9.17) is 0 Å². The van der Waals surface area contributed by atoms with Gasteiger partial charge in [-0.2, -0.15) is 4.31 Å². The topological polar surface area (TPSA) is 66.5 Å². The van der Waals surface area contributed by atoms with Crippen molar-refractivity contribution in [3.05, 3.63) is 28.0 Å². The van der Waals surface area contributed by atoms with Gasteiger partial charge in [-0.05, 0) is 56.4 Å². The van der Waals surface area contributed by atoms with Crippen molar-refractivity contribution in [1.82, 2.24) is 9.62 Å². The summed E-state index contributed by atoms with van der Waals surface area (Å²) in [7, 11) is -3.55. The van der Waals surface area contributed by atoms with Crippen LogP contribution in [-0.2, 0) is 10.0 Å². The van der Waals surface area contributed by atoms with Crippen molar-refractivity contribution < 1.29 is 13.2 Å². The fraction of sp³-hybridized carbons (Fsp3) is 0.588. The summed E-state index contributed by atoms with van der Waals surface area (Å²) in [5.74, 6) is -0.279. The van der Waals surface area contributed by atoms with Crippen molar-refractivity contribution in [1.29, 1.82) is 0 Å². The lowest BCUT2D eigenvalue weighted by Crippen LogP contribution is -2.31. The summed E-state index contributed by atoms with van der Waals surface area (Å²) >= 11 is 1.20. The minimum absolute atomic E-state index is 0.156. The Kier molecular flexibility index (Phi) is 5.73. The van der Waals surface area contributed by atoms with Crippen LogP contribution in [0.3, 0.4) is 0 Å². The van der Waals surface area contributed by atoms with Crippen molar-refractivity contribution in [2.45, 2.75) is 49.8 Å². The van der Waals surface area contributed by atoms with E-state index in [1.54, 1.807) is 11.4 Å². The molecule has 1 aromatic heterocycles. The third-order valence-electron chi connectivity index (χ3n) is 4.63. The van der Waals surface area contributed by atoms with Gasteiger partial charge in [-0.3, -0.25) is 4.79 Å². The van der Waals surface area contributed by atoms with E-state index in [2.05, 4.69) is 11.4 Å². The van der Waals surface area contributed by atoms with Crippen LogP contribution in [0.1, 0.15) is 54.6 Å². The van der Waals surface area contributed by atoms with Gasteiger partial charge >= 0.3 is 0 Å². The van der Waals surface area contributed by atoms with Crippen LogP contribution in [0.4, 0.5) is 0 Å². The number of thiophene rings is 1. The Bertz CT molecular complexity index is 716. The lowest BCUT2D eigenvalue weighted by atomic mass is 9.97.